The fourth-order valence-electron chi connectivity index (χ4n) is 2.58. The van der Waals surface area contributed by atoms with Crippen LogP contribution in [-0.4, -0.2) is 27.5 Å². The summed E-state index contributed by atoms with van der Waals surface area (Å²) in [4.78, 5) is 3.95. The molecular weight excluding hydrogens is 325 g/mol. The van der Waals surface area contributed by atoms with E-state index in [1.165, 1.54) is 6.33 Å². The maximum Gasteiger partial charge on any atom is 0.198 e. The molecule has 2 aromatic rings. The van der Waals surface area contributed by atoms with Gasteiger partial charge in [-0.2, -0.15) is 5.10 Å². The molecule has 1 fully saturated rings. The third-order valence-electron chi connectivity index (χ3n) is 3.79. The van der Waals surface area contributed by atoms with Crippen LogP contribution in [0.15, 0.2) is 30.9 Å². The van der Waals surface area contributed by atoms with Crippen LogP contribution in [0.5, 0.6) is 0 Å². The molecular formula is C15H17Cl2N3O2. The standard InChI is InChI=1S/C15H17Cl2N3O2/c1-2-12-8-21-15(22-12,5-6-20-10-18-9-19-20)13-4-3-11(16)7-14(13)17/h3-4,7,9-10,12H,2,5-6,8H2,1H3. The number of hydrogen-bond donors (Lipinski definition) is 0. The lowest BCUT2D eigenvalue weighted by Crippen LogP contribution is -2.30. The molecule has 0 radical (unpaired) electrons. The van der Waals surface area contributed by atoms with Crippen LogP contribution in [0, 0.1) is 0 Å². The lowest BCUT2D eigenvalue weighted by molar-refractivity contribution is -0.184. The van der Waals surface area contributed by atoms with Crippen molar-refractivity contribution in [2.24, 2.45) is 0 Å². The number of aromatic nitrogens is 3. The van der Waals surface area contributed by atoms with Crippen LogP contribution >= 0.6 is 23.2 Å². The molecule has 1 aliphatic heterocycles. The Morgan fingerprint density at radius 3 is 2.91 bits per heavy atom. The van der Waals surface area contributed by atoms with E-state index in [-0.39, 0.29) is 6.10 Å². The summed E-state index contributed by atoms with van der Waals surface area (Å²) in [6, 6.07) is 5.37. The molecule has 0 amide bonds. The Morgan fingerprint density at radius 1 is 1.41 bits per heavy atom. The molecule has 0 bridgehead atoms. The van der Waals surface area contributed by atoms with E-state index in [1.54, 1.807) is 23.1 Å². The minimum Gasteiger partial charge on any atom is -0.343 e. The summed E-state index contributed by atoms with van der Waals surface area (Å²) in [6.07, 6.45) is 4.71. The molecule has 1 saturated heterocycles. The number of nitrogens with zero attached hydrogens (tertiary/aromatic N) is 3. The highest BCUT2D eigenvalue weighted by Crippen LogP contribution is 2.42. The zero-order chi connectivity index (χ0) is 15.6. The van der Waals surface area contributed by atoms with Crippen molar-refractivity contribution in [2.45, 2.75) is 38.2 Å². The van der Waals surface area contributed by atoms with Gasteiger partial charge in [0, 0.05) is 23.6 Å². The molecule has 1 aliphatic rings. The van der Waals surface area contributed by atoms with Crippen molar-refractivity contribution in [2.75, 3.05) is 6.61 Å². The van der Waals surface area contributed by atoms with Gasteiger partial charge in [-0.3, -0.25) is 4.68 Å². The summed E-state index contributed by atoms with van der Waals surface area (Å²) in [7, 11) is 0. The van der Waals surface area contributed by atoms with Crippen molar-refractivity contribution < 1.29 is 9.47 Å². The summed E-state index contributed by atoms with van der Waals surface area (Å²) < 4.78 is 14.0. The van der Waals surface area contributed by atoms with Gasteiger partial charge >= 0.3 is 0 Å². The van der Waals surface area contributed by atoms with E-state index in [1.807, 2.05) is 6.07 Å². The van der Waals surface area contributed by atoms with Crippen molar-refractivity contribution in [1.82, 2.24) is 14.8 Å². The predicted molar refractivity (Wildman–Crippen MR) is 83.9 cm³/mol. The molecule has 118 valence electrons. The molecule has 1 aromatic carbocycles. The fourth-order valence-corrected chi connectivity index (χ4v) is 3.13. The van der Waals surface area contributed by atoms with Crippen LogP contribution in [0.4, 0.5) is 0 Å². The predicted octanol–water partition coefficient (Wildman–Crippen LogP) is 3.65. The molecule has 0 N–H and O–H groups in total. The summed E-state index contributed by atoms with van der Waals surface area (Å²) in [5, 5.41) is 5.25. The number of halogens is 2. The maximum atomic E-state index is 6.37. The van der Waals surface area contributed by atoms with Crippen LogP contribution in [0.1, 0.15) is 25.3 Å². The first kappa shape index (κ1) is 15.7. The van der Waals surface area contributed by atoms with Crippen LogP contribution in [0.3, 0.4) is 0 Å². The molecule has 0 aliphatic carbocycles. The van der Waals surface area contributed by atoms with Gasteiger partial charge in [0.1, 0.15) is 12.7 Å². The largest absolute Gasteiger partial charge is 0.343 e. The molecule has 0 saturated carbocycles. The van der Waals surface area contributed by atoms with E-state index in [0.717, 1.165) is 12.0 Å². The lowest BCUT2D eigenvalue weighted by atomic mass is 10.0. The first-order chi connectivity index (χ1) is 10.6. The highest BCUT2D eigenvalue weighted by atomic mass is 35.5. The van der Waals surface area contributed by atoms with E-state index in [9.17, 15) is 0 Å². The molecule has 0 spiro atoms. The zero-order valence-corrected chi connectivity index (χ0v) is 13.7. The summed E-state index contributed by atoms with van der Waals surface area (Å²) in [5.41, 5.74) is 0.801. The molecule has 1 aromatic heterocycles. The zero-order valence-electron chi connectivity index (χ0n) is 12.2. The second-order valence-electron chi connectivity index (χ2n) is 5.24. The second-order valence-corrected chi connectivity index (χ2v) is 6.09. The van der Waals surface area contributed by atoms with E-state index in [0.29, 0.717) is 29.6 Å². The second kappa shape index (κ2) is 6.54. The van der Waals surface area contributed by atoms with Gasteiger partial charge in [0.15, 0.2) is 5.79 Å². The van der Waals surface area contributed by atoms with Crippen molar-refractivity contribution >= 4 is 23.2 Å². The van der Waals surface area contributed by atoms with Gasteiger partial charge in [0.2, 0.25) is 0 Å². The topological polar surface area (TPSA) is 49.2 Å². The van der Waals surface area contributed by atoms with Crippen LogP contribution in [-0.2, 0) is 21.8 Å². The number of hydrogen-bond acceptors (Lipinski definition) is 4. The molecule has 5 nitrogen and oxygen atoms in total. The van der Waals surface area contributed by atoms with Crippen LogP contribution in [0.25, 0.3) is 0 Å². The van der Waals surface area contributed by atoms with Crippen molar-refractivity contribution in [3.05, 3.63) is 46.5 Å². The fraction of sp³-hybridized carbons (Fsp3) is 0.467. The normalized spacial score (nSPS) is 24.8. The Kier molecular flexibility index (Phi) is 4.68. The van der Waals surface area contributed by atoms with Gasteiger partial charge in [0.25, 0.3) is 0 Å². The molecule has 2 heterocycles. The van der Waals surface area contributed by atoms with Gasteiger partial charge in [-0.1, -0.05) is 36.2 Å². The number of aryl methyl sites for hydroxylation is 1. The first-order valence-corrected chi connectivity index (χ1v) is 7.98. The van der Waals surface area contributed by atoms with E-state index < -0.39 is 5.79 Å². The Morgan fingerprint density at radius 2 is 2.27 bits per heavy atom. The number of benzene rings is 1. The van der Waals surface area contributed by atoms with Crippen molar-refractivity contribution in [3.8, 4) is 0 Å². The van der Waals surface area contributed by atoms with E-state index in [2.05, 4.69) is 17.0 Å². The average Bonchev–Trinajstić information content (AvgIpc) is 3.15. The molecule has 2 atom stereocenters. The molecule has 22 heavy (non-hydrogen) atoms. The van der Waals surface area contributed by atoms with Crippen molar-refractivity contribution in [3.63, 3.8) is 0 Å². The number of ether oxygens (including phenoxy) is 2. The monoisotopic (exact) mass is 341 g/mol. The highest BCUT2D eigenvalue weighted by molar-refractivity contribution is 6.35. The van der Waals surface area contributed by atoms with Crippen molar-refractivity contribution in [1.29, 1.82) is 0 Å². The molecule has 3 rings (SSSR count). The SMILES string of the molecule is CCC1COC(CCn2cncn2)(c2ccc(Cl)cc2Cl)O1. The lowest BCUT2D eigenvalue weighted by Gasteiger charge is -2.29. The highest BCUT2D eigenvalue weighted by Gasteiger charge is 2.43. The smallest absolute Gasteiger partial charge is 0.198 e. The summed E-state index contributed by atoms with van der Waals surface area (Å²) in [6.45, 7) is 3.24. The van der Waals surface area contributed by atoms with Gasteiger partial charge in [-0.25, -0.2) is 4.98 Å². The quantitative estimate of drug-likeness (QED) is 0.832. The molecule has 2 unspecified atom stereocenters. The summed E-state index contributed by atoms with van der Waals surface area (Å²) in [5.74, 6) is -0.867. The van der Waals surface area contributed by atoms with Gasteiger partial charge in [-0.05, 0) is 18.6 Å². The van der Waals surface area contributed by atoms with Crippen LogP contribution in [0.2, 0.25) is 10.0 Å². The Balaban J connectivity index is 1.89. The van der Waals surface area contributed by atoms with Gasteiger partial charge in [-0.15, -0.1) is 0 Å². The minimum absolute atomic E-state index is 0.0579. The average molecular weight is 342 g/mol. The number of rotatable bonds is 5. The minimum atomic E-state index is -0.867. The first-order valence-electron chi connectivity index (χ1n) is 7.22. The Labute approximate surface area is 139 Å². The summed E-state index contributed by atoms with van der Waals surface area (Å²) >= 11 is 12.4. The Hall–Kier alpha value is -1.14. The third kappa shape index (κ3) is 3.13. The third-order valence-corrected chi connectivity index (χ3v) is 4.34. The van der Waals surface area contributed by atoms with Gasteiger partial charge < -0.3 is 9.47 Å². The Bertz CT molecular complexity index is 636. The van der Waals surface area contributed by atoms with Crippen LogP contribution < -0.4 is 0 Å². The molecule has 7 heteroatoms. The van der Waals surface area contributed by atoms with Gasteiger partial charge in [0.05, 0.1) is 17.7 Å². The van der Waals surface area contributed by atoms with E-state index >= 15 is 0 Å². The maximum absolute atomic E-state index is 6.37. The van der Waals surface area contributed by atoms with E-state index in [4.69, 9.17) is 32.7 Å².